The molecule has 0 radical (unpaired) electrons. The first-order chi connectivity index (χ1) is 9.66. The Kier molecular flexibility index (Phi) is 5.35. The standard InChI is InChI=1S/C15H20FNO3/c16-14-10-12(3-4-13(14)15(18)19)20-9-1-2-11-5-7-17-8-6-11/h3-4,10-11,17H,1-2,5-9H2,(H,18,19). The molecule has 4 nitrogen and oxygen atoms in total. The van der Waals surface area contributed by atoms with E-state index in [9.17, 15) is 9.18 Å². The number of nitrogens with one attached hydrogen (secondary N) is 1. The Bertz CT molecular complexity index is 458. The van der Waals surface area contributed by atoms with E-state index in [4.69, 9.17) is 9.84 Å². The molecule has 1 heterocycles. The van der Waals surface area contributed by atoms with E-state index in [0.717, 1.165) is 37.9 Å². The van der Waals surface area contributed by atoms with Crippen molar-refractivity contribution in [2.24, 2.45) is 5.92 Å². The highest BCUT2D eigenvalue weighted by Gasteiger charge is 2.13. The van der Waals surface area contributed by atoms with E-state index >= 15 is 0 Å². The lowest BCUT2D eigenvalue weighted by atomic mass is 9.93. The Morgan fingerprint density at radius 2 is 2.15 bits per heavy atom. The monoisotopic (exact) mass is 281 g/mol. The number of aromatic carboxylic acids is 1. The Balaban J connectivity index is 1.73. The van der Waals surface area contributed by atoms with Gasteiger partial charge in [-0.3, -0.25) is 0 Å². The van der Waals surface area contributed by atoms with Crippen LogP contribution < -0.4 is 10.1 Å². The van der Waals surface area contributed by atoms with Gasteiger partial charge in [-0.1, -0.05) is 0 Å². The number of piperidine rings is 1. The van der Waals surface area contributed by atoms with Gasteiger partial charge in [-0.25, -0.2) is 9.18 Å². The molecule has 0 amide bonds. The molecule has 0 bridgehead atoms. The molecular formula is C15H20FNO3. The highest BCUT2D eigenvalue weighted by atomic mass is 19.1. The second-order valence-electron chi connectivity index (χ2n) is 5.13. The van der Waals surface area contributed by atoms with Crippen molar-refractivity contribution in [3.63, 3.8) is 0 Å². The summed E-state index contributed by atoms with van der Waals surface area (Å²) >= 11 is 0. The zero-order chi connectivity index (χ0) is 14.4. The number of hydrogen-bond acceptors (Lipinski definition) is 3. The maximum Gasteiger partial charge on any atom is 0.338 e. The quantitative estimate of drug-likeness (QED) is 0.787. The van der Waals surface area contributed by atoms with Crippen LogP contribution in [0.1, 0.15) is 36.0 Å². The normalized spacial score (nSPS) is 16.1. The van der Waals surface area contributed by atoms with E-state index in [2.05, 4.69) is 5.32 Å². The minimum absolute atomic E-state index is 0.327. The summed E-state index contributed by atoms with van der Waals surface area (Å²) in [6.45, 7) is 2.72. The molecule has 2 rings (SSSR count). The first-order valence-electron chi connectivity index (χ1n) is 7.03. The van der Waals surface area contributed by atoms with Crippen molar-refractivity contribution < 1.29 is 19.0 Å². The maximum absolute atomic E-state index is 13.4. The van der Waals surface area contributed by atoms with Gasteiger partial charge in [0.2, 0.25) is 0 Å². The van der Waals surface area contributed by atoms with Crippen LogP contribution in [-0.2, 0) is 0 Å². The van der Waals surface area contributed by atoms with Crippen molar-refractivity contribution in [3.8, 4) is 5.75 Å². The van der Waals surface area contributed by atoms with Gasteiger partial charge in [-0.2, -0.15) is 0 Å². The molecule has 2 N–H and O–H groups in total. The van der Waals surface area contributed by atoms with Crippen LogP contribution in [0.25, 0.3) is 0 Å². The molecule has 1 aromatic rings. The van der Waals surface area contributed by atoms with Crippen molar-refractivity contribution in [1.82, 2.24) is 5.32 Å². The molecule has 20 heavy (non-hydrogen) atoms. The van der Waals surface area contributed by atoms with Gasteiger partial charge in [0.15, 0.2) is 0 Å². The van der Waals surface area contributed by atoms with Crippen molar-refractivity contribution >= 4 is 5.97 Å². The molecule has 1 aliphatic rings. The molecule has 0 saturated carbocycles. The highest BCUT2D eigenvalue weighted by Crippen LogP contribution is 2.20. The molecule has 0 aromatic heterocycles. The van der Waals surface area contributed by atoms with Crippen LogP contribution in [0.15, 0.2) is 18.2 Å². The van der Waals surface area contributed by atoms with Gasteiger partial charge in [-0.15, -0.1) is 0 Å². The third kappa shape index (κ3) is 4.20. The second-order valence-corrected chi connectivity index (χ2v) is 5.13. The van der Waals surface area contributed by atoms with Gasteiger partial charge >= 0.3 is 5.97 Å². The molecule has 1 aromatic carbocycles. The number of carboxylic acids is 1. The molecule has 1 fully saturated rings. The van der Waals surface area contributed by atoms with Gasteiger partial charge in [0.05, 0.1) is 12.2 Å². The van der Waals surface area contributed by atoms with Crippen LogP contribution in [0, 0.1) is 11.7 Å². The predicted molar refractivity (Wildman–Crippen MR) is 73.7 cm³/mol. The van der Waals surface area contributed by atoms with Crippen LogP contribution in [0.3, 0.4) is 0 Å². The molecule has 0 atom stereocenters. The Labute approximate surface area is 117 Å². The van der Waals surface area contributed by atoms with Crippen LogP contribution in [0.2, 0.25) is 0 Å². The van der Waals surface area contributed by atoms with Crippen molar-refractivity contribution in [3.05, 3.63) is 29.6 Å². The largest absolute Gasteiger partial charge is 0.493 e. The number of rotatable bonds is 6. The second kappa shape index (κ2) is 7.24. The zero-order valence-corrected chi connectivity index (χ0v) is 11.4. The molecule has 0 aliphatic carbocycles. The summed E-state index contributed by atoms with van der Waals surface area (Å²) in [5.41, 5.74) is -0.327. The first-order valence-corrected chi connectivity index (χ1v) is 7.03. The maximum atomic E-state index is 13.4. The smallest absolute Gasteiger partial charge is 0.338 e. The lowest BCUT2D eigenvalue weighted by molar-refractivity contribution is 0.0692. The minimum atomic E-state index is -1.26. The van der Waals surface area contributed by atoms with Crippen molar-refractivity contribution in [1.29, 1.82) is 0 Å². The molecule has 0 unspecified atom stereocenters. The summed E-state index contributed by atoms with van der Waals surface area (Å²) in [4.78, 5) is 10.7. The van der Waals surface area contributed by atoms with Crippen LogP contribution >= 0.6 is 0 Å². The molecule has 0 spiro atoms. The third-order valence-corrected chi connectivity index (χ3v) is 3.66. The fourth-order valence-electron chi connectivity index (χ4n) is 2.49. The van der Waals surface area contributed by atoms with E-state index in [1.54, 1.807) is 0 Å². The third-order valence-electron chi connectivity index (χ3n) is 3.66. The van der Waals surface area contributed by atoms with Crippen LogP contribution in [0.4, 0.5) is 4.39 Å². The summed E-state index contributed by atoms with van der Waals surface area (Å²) in [5.74, 6) is -0.878. The van der Waals surface area contributed by atoms with Gasteiger partial charge < -0.3 is 15.2 Å². The summed E-state index contributed by atoms with van der Waals surface area (Å²) in [5, 5.41) is 12.1. The lowest BCUT2D eigenvalue weighted by Gasteiger charge is -2.22. The fraction of sp³-hybridized carbons (Fsp3) is 0.533. The zero-order valence-electron chi connectivity index (χ0n) is 11.4. The van der Waals surface area contributed by atoms with Gasteiger partial charge in [-0.05, 0) is 56.8 Å². The summed E-state index contributed by atoms with van der Waals surface area (Å²) in [7, 11) is 0. The van der Waals surface area contributed by atoms with Gasteiger partial charge in [0.25, 0.3) is 0 Å². The SMILES string of the molecule is O=C(O)c1ccc(OCCCC2CCNCC2)cc1F. The number of halogens is 1. The molecule has 1 aliphatic heterocycles. The van der Waals surface area contributed by atoms with Gasteiger partial charge in [0.1, 0.15) is 11.6 Å². The average Bonchev–Trinajstić information content (AvgIpc) is 2.44. The van der Waals surface area contributed by atoms with E-state index in [1.807, 2.05) is 0 Å². The van der Waals surface area contributed by atoms with E-state index in [1.165, 1.54) is 25.0 Å². The molecule has 110 valence electrons. The Hall–Kier alpha value is -1.62. The van der Waals surface area contributed by atoms with E-state index in [-0.39, 0.29) is 5.56 Å². The highest BCUT2D eigenvalue weighted by molar-refractivity contribution is 5.88. The lowest BCUT2D eigenvalue weighted by Crippen LogP contribution is -2.27. The van der Waals surface area contributed by atoms with Crippen molar-refractivity contribution in [2.45, 2.75) is 25.7 Å². The molecular weight excluding hydrogens is 261 g/mol. The average molecular weight is 281 g/mol. The summed E-state index contributed by atoms with van der Waals surface area (Å²) < 4.78 is 18.9. The molecule has 1 saturated heterocycles. The number of hydrogen-bond donors (Lipinski definition) is 2. The van der Waals surface area contributed by atoms with E-state index < -0.39 is 11.8 Å². The summed E-state index contributed by atoms with van der Waals surface area (Å²) in [6.07, 6.45) is 4.48. The fourth-order valence-corrected chi connectivity index (χ4v) is 2.49. The minimum Gasteiger partial charge on any atom is -0.493 e. The van der Waals surface area contributed by atoms with Crippen LogP contribution in [0.5, 0.6) is 5.75 Å². The predicted octanol–water partition coefficient (Wildman–Crippen LogP) is 2.68. The van der Waals surface area contributed by atoms with Crippen molar-refractivity contribution in [2.75, 3.05) is 19.7 Å². The number of ether oxygens (including phenoxy) is 1. The van der Waals surface area contributed by atoms with Gasteiger partial charge in [0, 0.05) is 6.07 Å². The summed E-state index contributed by atoms with van der Waals surface area (Å²) in [6, 6.07) is 3.87. The van der Waals surface area contributed by atoms with Crippen LogP contribution in [-0.4, -0.2) is 30.8 Å². The number of carboxylic acid groups (broad SMARTS) is 1. The van der Waals surface area contributed by atoms with E-state index in [0.29, 0.717) is 12.4 Å². The Morgan fingerprint density at radius 3 is 2.80 bits per heavy atom. The molecule has 5 heteroatoms. The number of benzene rings is 1. The Morgan fingerprint density at radius 1 is 1.40 bits per heavy atom. The topological polar surface area (TPSA) is 58.6 Å². The number of carbonyl (C=O) groups is 1. The first kappa shape index (κ1) is 14.8.